The molecule has 0 spiro atoms. The third-order valence-corrected chi connectivity index (χ3v) is 5.37. The minimum Gasteiger partial charge on any atom is -0.497 e. The van der Waals surface area contributed by atoms with E-state index in [9.17, 15) is 9.59 Å². The molecule has 170 valence electrons. The van der Waals surface area contributed by atoms with E-state index in [1.807, 2.05) is 36.4 Å². The molecule has 2 aromatic carbocycles. The first-order chi connectivity index (χ1) is 15.7. The van der Waals surface area contributed by atoms with Crippen LogP contribution in [-0.2, 0) is 11.3 Å². The van der Waals surface area contributed by atoms with E-state index < -0.39 is 11.1 Å². The minimum atomic E-state index is -0.603. The number of Topliss-reactive ketones (excluding diaryl/α,β-unsaturated/α-hetero) is 1. The molecule has 2 aromatic heterocycles. The molecule has 0 unspecified atom stereocenters. The van der Waals surface area contributed by atoms with Crippen molar-refractivity contribution in [1.82, 2.24) is 24.4 Å². The van der Waals surface area contributed by atoms with Crippen LogP contribution >= 0.6 is 0 Å². The normalized spacial score (nSPS) is 11.5. The summed E-state index contributed by atoms with van der Waals surface area (Å²) in [5.41, 5.74) is 1.43. The second-order valence-corrected chi connectivity index (χ2v) is 8.60. The Morgan fingerprint density at radius 3 is 1.94 bits per heavy atom. The van der Waals surface area contributed by atoms with Gasteiger partial charge >= 0.3 is 5.69 Å². The van der Waals surface area contributed by atoms with Gasteiger partial charge in [-0.2, -0.15) is 0 Å². The molecule has 0 atom stereocenters. The second kappa shape index (κ2) is 8.50. The van der Waals surface area contributed by atoms with Gasteiger partial charge < -0.3 is 9.47 Å². The summed E-state index contributed by atoms with van der Waals surface area (Å²) in [4.78, 5) is 26.0. The summed E-state index contributed by atoms with van der Waals surface area (Å²) in [5.74, 6) is 1.39. The maximum absolute atomic E-state index is 13.4. The van der Waals surface area contributed by atoms with Crippen molar-refractivity contribution in [1.29, 1.82) is 0 Å². The summed E-state index contributed by atoms with van der Waals surface area (Å²) in [6.45, 7) is 5.27. The molecule has 0 saturated heterocycles. The van der Waals surface area contributed by atoms with Crippen molar-refractivity contribution < 1.29 is 14.3 Å². The molecule has 0 fully saturated rings. The van der Waals surface area contributed by atoms with Crippen LogP contribution in [-0.4, -0.2) is 44.4 Å². The number of ketones is 1. The average Bonchev–Trinajstić information content (AvgIpc) is 3.13. The maximum atomic E-state index is 13.4. The molecule has 33 heavy (non-hydrogen) atoms. The number of ether oxygens (including phenoxy) is 2. The van der Waals surface area contributed by atoms with Gasteiger partial charge in [-0.15, -0.1) is 15.3 Å². The summed E-state index contributed by atoms with van der Waals surface area (Å²) < 4.78 is 13.1. The summed E-state index contributed by atoms with van der Waals surface area (Å²) >= 11 is 0. The lowest BCUT2D eigenvalue weighted by atomic mass is 9.91. The Morgan fingerprint density at radius 1 is 0.879 bits per heavy atom. The fourth-order valence-electron chi connectivity index (χ4n) is 3.34. The molecule has 4 aromatic rings. The van der Waals surface area contributed by atoms with Crippen molar-refractivity contribution in [2.45, 2.75) is 27.3 Å². The molecule has 0 saturated carbocycles. The zero-order chi connectivity index (χ0) is 23.8. The van der Waals surface area contributed by atoms with E-state index in [2.05, 4.69) is 15.3 Å². The first kappa shape index (κ1) is 22.2. The Hall–Kier alpha value is -4.01. The van der Waals surface area contributed by atoms with E-state index in [-0.39, 0.29) is 18.1 Å². The summed E-state index contributed by atoms with van der Waals surface area (Å²) in [6, 6.07) is 14.6. The van der Waals surface area contributed by atoms with Gasteiger partial charge in [0.05, 0.1) is 19.9 Å². The van der Waals surface area contributed by atoms with Crippen LogP contribution in [0.25, 0.3) is 28.3 Å². The number of aromatic nitrogens is 5. The van der Waals surface area contributed by atoms with Gasteiger partial charge in [-0.1, -0.05) is 20.8 Å². The van der Waals surface area contributed by atoms with Crippen LogP contribution in [0.15, 0.2) is 53.3 Å². The number of benzene rings is 2. The van der Waals surface area contributed by atoms with Crippen molar-refractivity contribution in [3.63, 3.8) is 0 Å². The van der Waals surface area contributed by atoms with E-state index in [1.165, 1.54) is 4.40 Å². The van der Waals surface area contributed by atoms with Gasteiger partial charge in [0.1, 0.15) is 23.7 Å². The molecule has 9 nitrogen and oxygen atoms in total. The largest absolute Gasteiger partial charge is 0.497 e. The number of hydrogen-bond acceptors (Lipinski definition) is 7. The van der Waals surface area contributed by atoms with Gasteiger partial charge in [0.2, 0.25) is 0 Å². The topological polar surface area (TPSA) is 101 Å². The summed E-state index contributed by atoms with van der Waals surface area (Å²) in [7, 11) is 3.18. The van der Waals surface area contributed by atoms with Gasteiger partial charge in [0.25, 0.3) is 5.78 Å². The highest BCUT2D eigenvalue weighted by molar-refractivity contribution is 5.83. The van der Waals surface area contributed by atoms with Crippen molar-refractivity contribution in [3.05, 3.63) is 59.0 Å². The Balaban J connectivity index is 1.96. The highest BCUT2D eigenvalue weighted by Crippen LogP contribution is 2.31. The van der Waals surface area contributed by atoms with E-state index in [0.717, 1.165) is 15.8 Å². The molecule has 2 heterocycles. The third kappa shape index (κ3) is 4.21. The molecule has 9 heteroatoms. The first-order valence-electron chi connectivity index (χ1n) is 10.4. The highest BCUT2D eigenvalue weighted by Gasteiger charge is 2.25. The Kier molecular flexibility index (Phi) is 5.71. The molecular formula is C24H25N5O4. The van der Waals surface area contributed by atoms with E-state index >= 15 is 0 Å². The molecule has 0 radical (unpaired) electrons. The summed E-state index contributed by atoms with van der Waals surface area (Å²) in [5, 5.41) is 12.9. The molecule has 0 amide bonds. The van der Waals surface area contributed by atoms with Crippen molar-refractivity contribution in [2.24, 2.45) is 5.41 Å². The smallest absolute Gasteiger partial charge is 0.352 e. The number of rotatable bonds is 6. The van der Waals surface area contributed by atoms with Crippen LogP contribution in [0, 0.1) is 5.41 Å². The highest BCUT2D eigenvalue weighted by atomic mass is 16.5. The zero-order valence-corrected chi connectivity index (χ0v) is 19.2. The van der Waals surface area contributed by atoms with Gasteiger partial charge in [0.15, 0.2) is 5.78 Å². The Bertz CT molecular complexity index is 1360. The SMILES string of the molecule is COc1ccc(-c2nnc3nn(CC(=O)C(C)(C)C)c(=O)n3c2-c2ccc(OC)cc2)cc1. The van der Waals surface area contributed by atoms with Gasteiger partial charge in [-0.25, -0.2) is 13.9 Å². The van der Waals surface area contributed by atoms with Crippen LogP contribution in [0.3, 0.4) is 0 Å². The van der Waals surface area contributed by atoms with Crippen molar-refractivity contribution in [2.75, 3.05) is 14.2 Å². The average molecular weight is 447 g/mol. The standard InChI is InChI=1S/C24H25N5O4/c1-24(2,3)19(30)14-28-23(31)29-21(16-8-12-18(33-5)13-9-16)20(25-26-22(29)27-28)15-6-10-17(32-4)11-7-15/h6-13H,14H2,1-5H3. The summed E-state index contributed by atoms with van der Waals surface area (Å²) in [6.07, 6.45) is 0. The second-order valence-electron chi connectivity index (χ2n) is 8.60. The molecular weight excluding hydrogens is 422 g/mol. The lowest BCUT2D eigenvalue weighted by Gasteiger charge is -2.15. The van der Waals surface area contributed by atoms with E-state index in [4.69, 9.17) is 9.47 Å². The number of hydrogen-bond donors (Lipinski definition) is 0. The quantitative estimate of drug-likeness (QED) is 0.447. The van der Waals surface area contributed by atoms with Gasteiger partial charge in [-0.3, -0.25) is 4.79 Å². The molecule has 0 bridgehead atoms. The fraction of sp³-hybridized carbons (Fsp3) is 0.292. The third-order valence-electron chi connectivity index (χ3n) is 5.37. The Morgan fingerprint density at radius 2 is 1.42 bits per heavy atom. The number of carbonyl (C=O) groups is 1. The predicted octanol–water partition coefficient (Wildman–Crippen LogP) is 3.25. The lowest BCUT2D eigenvalue weighted by molar-refractivity contribution is -0.127. The number of fused-ring (bicyclic) bond motifs is 1. The zero-order valence-electron chi connectivity index (χ0n) is 19.2. The predicted molar refractivity (Wildman–Crippen MR) is 123 cm³/mol. The van der Waals surface area contributed by atoms with Crippen LogP contribution < -0.4 is 15.2 Å². The van der Waals surface area contributed by atoms with Crippen LogP contribution in [0.2, 0.25) is 0 Å². The Labute approximate surface area is 190 Å². The number of nitrogens with zero attached hydrogens (tertiary/aromatic N) is 5. The van der Waals surface area contributed by atoms with Crippen LogP contribution in [0.4, 0.5) is 0 Å². The van der Waals surface area contributed by atoms with Crippen LogP contribution in [0.1, 0.15) is 20.8 Å². The van der Waals surface area contributed by atoms with Crippen LogP contribution in [0.5, 0.6) is 11.5 Å². The fourth-order valence-corrected chi connectivity index (χ4v) is 3.34. The minimum absolute atomic E-state index is 0.109. The van der Waals surface area contributed by atoms with Gasteiger partial charge in [0, 0.05) is 16.5 Å². The van der Waals surface area contributed by atoms with Crippen molar-refractivity contribution in [3.8, 4) is 34.0 Å². The number of carbonyl (C=O) groups excluding carboxylic acids is 1. The van der Waals surface area contributed by atoms with E-state index in [0.29, 0.717) is 22.9 Å². The number of methoxy groups -OCH3 is 2. The molecule has 0 N–H and O–H groups in total. The van der Waals surface area contributed by atoms with Gasteiger partial charge in [-0.05, 0) is 48.5 Å². The van der Waals surface area contributed by atoms with Crippen molar-refractivity contribution >= 4 is 11.6 Å². The first-order valence-corrected chi connectivity index (χ1v) is 10.4. The monoisotopic (exact) mass is 447 g/mol. The molecule has 0 aliphatic heterocycles. The molecule has 0 aliphatic carbocycles. The lowest BCUT2D eigenvalue weighted by Crippen LogP contribution is -2.31. The molecule has 4 rings (SSSR count). The van der Waals surface area contributed by atoms with E-state index in [1.54, 1.807) is 47.1 Å². The molecule has 0 aliphatic rings. The maximum Gasteiger partial charge on any atom is 0.352 e.